The molecule has 0 saturated carbocycles. The lowest BCUT2D eigenvalue weighted by molar-refractivity contribution is 0.0447. The Morgan fingerprint density at radius 1 is 1.35 bits per heavy atom. The van der Waals surface area contributed by atoms with Crippen molar-refractivity contribution in [2.75, 3.05) is 26.8 Å². The summed E-state index contributed by atoms with van der Waals surface area (Å²) < 4.78 is 5.25. The number of hydrogen-bond acceptors (Lipinski definition) is 3. The Hall–Kier alpha value is -0.900. The molecule has 0 amide bonds. The number of methoxy groups -OCH3 is 1. The third kappa shape index (κ3) is 3.81. The van der Waals surface area contributed by atoms with E-state index in [1.54, 1.807) is 7.11 Å². The lowest BCUT2D eigenvalue weighted by Crippen LogP contribution is -2.60. The topological polar surface area (TPSA) is 24.5 Å². The number of ether oxygens (including phenoxy) is 1. The van der Waals surface area contributed by atoms with Gasteiger partial charge in [-0.2, -0.15) is 0 Å². The van der Waals surface area contributed by atoms with Gasteiger partial charge in [-0.15, -0.1) is 0 Å². The van der Waals surface area contributed by atoms with Crippen LogP contribution in [0.3, 0.4) is 0 Å². The molecule has 1 aliphatic rings. The molecule has 0 aliphatic carbocycles. The fourth-order valence-electron chi connectivity index (χ4n) is 3.01. The van der Waals surface area contributed by atoms with Gasteiger partial charge in [-0.25, -0.2) is 0 Å². The fourth-order valence-corrected chi connectivity index (χ4v) is 3.01. The minimum atomic E-state index is 0.173. The maximum absolute atomic E-state index is 5.25. The molecular weight excluding hydrogens is 248 g/mol. The summed E-state index contributed by atoms with van der Waals surface area (Å²) in [6.45, 7) is 9.78. The predicted octanol–water partition coefficient (Wildman–Crippen LogP) is 2.84. The molecule has 0 aromatic heterocycles. The van der Waals surface area contributed by atoms with Gasteiger partial charge in [0, 0.05) is 44.4 Å². The first-order valence-electron chi connectivity index (χ1n) is 7.58. The lowest BCUT2D eigenvalue weighted by Gasteiger charge is -2.47. The van der Waals surface area contributed by atoms with E-state index in [4.69, 9.17) is 4.74 Å². The molecule has 3 nitrogen and oxygen atoms in total. The molecule has 0 bridgehead atoms. The number of rotatable bonds is 5. The Morgan fingerprint density at radius 2 is 2.05 bits per heavy atom. The normalized spacial score (nSPS) is 24.5. The highest BCUT2D eigenvalue weighted by Crippen LogP contribution is 2.29. The van der Waals surface area contributed by atoms with Crippen LogP contribution in [0.4, 0.5) is 0 Å². The van der Waals surface area contributed by atoms with Gasteiger partial charge >= 0.3 is 0 Å². The van der Waals surface area contributed by atoms with Gasteiger partial charge in [-0.05, 0) is 32.8 Å². The van der Waals surface area contributed by atoms with Gasteiger partial charge in [0.1, 0.15) is 0 Å². The summed E-state index contributed by atoms with van der Waals surface area (Å²) in [6.07, 6.45) is 1.08. The number of benzene rings is 1. The van der Waals surface area contributed by atoms with Crippen molar-refractivity contribution in [3.05, 3.63) is 35.9 Å². The van der Waals surface area contributed by atoms with Crippen LogP contribution in [0.15, 0.2) is 30.3 Å². The molecule has 3 heteroatoms. The third-order valence-electron chi connectivity index (χ3n) is 4.24. The van der Waals surface area contributed by atoms with Crippen LogP contribution in [-0.4, -0.2) is 43.3 Å². The third-order valence-corrected chi connectivity index (χ3v) is 4.24. The molecule has 2 rings (SSSR count). The standard InChI is InChI=1S/C17H28N2O/c1-14(10-11-20-4)19-13-17(2,3)18-12-16(19)15-8-6-5-7-9-15/h5-9,14,16,18H,10-13H2,1-4H3. The first kappa shape index (κ1) is 15.5. The van der Waals surface area contributed by atoms with Crippen molar-refractivity contribution in [2.45, 2.75) is 44.8 Å². The Morgan fingerprint density at radius 3 is 2.70 bits per heavy atom. The van der Waals surface area contributed by atoms with Gasteiger partial charge in [0.2, 0.25) is 0 Å². The van der Waals surface area contributed by atoms with Crippen molar-refractivity contribution in [1.82, 2.24) is 10.2 Å². The summed E-state index contributed by atoms with van der Waals surface area (Å²) in [6, 6.07) is 11.8. The summed E-state index contributed by atoms with van der Waals surface area (Å²) in [5.41, 5.74) is 1.58. The average Bonchev–Trinajstić information content (AvgIpc) is 2.44. The quantitative estimate of drug-likeness (QED) is 0.895. The van der Waals surface area contributed by atoms with Gasteiger partial charge in [0.15, 0.2) is 0 Å². The molecular formula is C17H28N2O. The van der Waals surface area contributed by atoms with Gasteiger partial charge in [-0.3, -0.25) is 4.90 Å². The molecule has 0 spiro atoms. The molecule has 1 N–H and O–H groups in total. The van der Waals surface area contributed by atoms with Crippen LogP contribution in [-0.2, 0) is 4.74 Å². The van der Waals surface area contributed by atoms with E-state index in [-0.39, 0.29) is 5.54 Å². The highest BCUT2D eigenvalue weighted by Gasteiger charge is 2.35. The molecule has 0 radical (unpaired) electrons. The molecule has 112 valence electrons. The first-order valence-corrected chi connectivity index (χ1v) is 7.58. The molecule has 2 unspecified atom stereocenters. The van der Waals surface area contributed by atoms with Crippen molar-refractivity contribution < 1.29 is 4.74 Å². The minimum Gasteiger partial charge on any atom is -0.385 e. The number of nitrogens with zero attached hydrogens (tertiary/aromatic N) is 1. The first-order chi connectivity index (χ1) is 9.53. The number of piperazine rings is 1. The number of nitrogens with one attached hydrogen (secondary N) is 1. The van der Waals surface area contributed by atoms with Gasteiger partial charge in [0.25, 0.3) is 0 Å². The molecule has 1 fully saturated rings. The van der Waals surface area contributed by atoms with E-state index in [1.807, 2.05) is 0 Å². The van der Waals surface area contributed by atoms with Gasteiger partial charge in [-0.1, -0.05) is 30.3 Å². The molecule has 1 aliphatic heterocycles. The van der Waals surface area contributed by atoms with Crippen LogP contribution in [0.1, 0.15) is 38.8 Å². The second-order valence-electron chi connectivity index (χ2n) is 6.49. The Bertz CT molecular complexity index is 405. The summed E-state index contributed by atoms with van der Waals surface area (Å²) >= 11 is 0. The summed E-state index contributed by atoms with van der Waals surface area (Å²) in [5, 5.41) is 3.67. The summed E-state index contributed by atoms with van der Waals surface area (Å²) in [5.74, 6) is 0. The summed E-state index contributed by atoms with van der Waals surface area (Å²) in [4.78, 5) is 2.63. The van der Waals surface area contributed by atoms with Crippen LogP contribution in [0, 0.1) is 0 Å². The molecule has 1 aromatic carbocycles. The maximum atomic E-state index is 5.25. The van der Waals surface area contributed by atoms with E-state index >= 15 is 0 Å². The van der Waals surface area contributed by atoms with E-state index in [1.165, 1.54) is 5.56 Å². The van der Waals surface area contributed by atoms with Crippen LogP contribution in [0.25, 0.3) is 0 Å². The van der Waals surface area contributed by atoms with E-state index in [9.17, 15) is 0 Å². The molecule has 2 atom stereocenters. The monoisotopic (exact) mass is 276 g/mol. The van der Waals surface area contributed by atoms with E-state index in [2.05, 4.69) is 61.3 Å². The van der Waals surface area contributed by atoms with Crippen molar-refractivity contribution in [3.8, 4) is 0 Å². The van der Waals surface area contributed by atoms with Gasteiger partial charge in [0.05, 0.1) is 0 Å². The van der Waals surface area contributed by atoms with Crippen molar-refractivity contribution in [2.24, 2.45) is 0 Å². The average molecular weight is 276 g/mol. The molecule has 1 aromatic rings. The van der Waals surface area contributed by atoms with Crippen LogP contribution >= 0.6 is 0 Å². The Labute approximate surface area is 123 Å². The zero-order valence-corrected chi connectivity index (χ0v) is 13.2. The Balaban J connectivity index is 2.16. The van der Waals surface area contributed by atoms with Gasteiger partial charge < -0.3 is 10.1 Å². The van der Waals surface area contributed by atoms with E-state index in [0.717, 1.165) is 26.1 Å². The SMILES string of the molecule is COCCC(C)N1CC(C)(C)NCC1c1ccccc1. The molecule has 1 saturated heterocycles. The predicted molar refractivity (Wildman–Crippen MR) is 83.9 cm³/mol. The van der Waals surface area contributed by atoms with Crippen molar-refractivity contribution >= 4 is 0 Å². The molecule has 20 heavy (non-hydrogen) atoms. The fraction of sp³-hybridized carbons (Fsp3) is 0.647. The Kier molecular flexibility index (Phi) is 5.19. The van der Waals surface area contributed by atoms with E-state index in [0.29, 0.717) is 12.1 Å². The number of hydrogen-bond donors (Lipinski definition) is 1. The van der Waals surface area contributed by atoms with Crippen LogP contribution < -0.4 is 5.32 Å². The summed E-state index contributed by atoms with van der Waals surface area (Å²) in [7, 11) is 1.78. The van der Waals surface area contributed by atoms with Crippen LogP contribution in [0.2, 0.25) is 0 Å². The smallest absolute Gasteiger partial charge is 0.0477 e. The van der Waals surface area contributed by atoms with Crippen molar-refractivity contribution in [1.29, 1.82) is 0 Å². The largest absolute Gasteiger partial charge is 0.385 e. The minimum absolute atomic E-state index is 0.173. The zero-order chi connectivity index (χ0) is 14.6. The highest BCUT2D eigenvalue weighted by molar-refractivity contribution is 5.21. The highest BCUT2D eigenvalue weighted by atomic mass is 16.5. The zero-order valence-electron chi connectivity index (χ0n) is 13.2. The molecule has 1 heterocycles. The second-order valence-corrected chi connectivity index (χ2v) is 6.49. The maximum Gasteiger partial charge on any atom is 0.0477 e. The lowest BCUT2D eigenvalue weighted by atomic mass is 9.93. The van der Waals surface area contributed by atoms with Crippen molar-refractivity contribution in [3.63, 3.8) is 0 Å². The van der Waals surface area contributed by atoms with E-state index < -0.39 is 0 Å². The second kappa shape index (κ2) is 6.70. The van der Waals surface area contributed by atoms with Crippen LogP contribution in [0.5, 0.6) is 0 Å².